The van der Waals surface area contributed by atoms with Crippen molar-refractivity contribution >= 4 is 29.9 Å². The average Bonchev–Trinajstić information content (AvgIpc) is 2.58. The summed E-state index contributed by atoms with van der Waals surface area (Å²) in [6.45, 7) is 8.62. The average molecular weight is 467 g/mol. The fourth-order valence-electron chi connectivity index (χ4n) is 1.96. The van der Waals surface area contributed by atoms with Crippen molar-refractivity contribution in [2.45, 2.75) is 33.2 Å². The van der Waals surface area contributed by atoms with Gasteiger partial charge in [-0.3, -0.25) is 0 Å². The Hall–Kier alpha value is -0.930. The summed E-state index contributed by atoms with van der Waals surface area (Å²) in [6, 6.07) is 6.48. The van der Waals surface area contributed by atoms with E-state index in [1.807, 2.05) is 13.0 Å². The Morgan fingerprint density at radius 1 is 1.08 bits per heavy atom. The van der Waals surface area contributed by atoms with Gasteiger partial charge in [0, 0.05) is 19.7 Å². The zero-order chi connectivity index (χ0) is 17.5. The number of aliphatic imine (C=N–C) groups is 1. The lowest BCUT2D eigenvalue weighted by atomic mass is 10.2. The minimum absolute atomic E-state index is 0. The highest BCUT2D eigenvalue weighted by atomic mass is 127. The van der Waals surface area contributed by atoms with Crippen LogP contribution in [0.2, 0.25) is 0 Å². The fraction of sp³-hybridized carbons (Fsp3) is 0.611. The van der Waals surface area contributed by atoms with E-state index in [0.29, 0.717) is 38.9 Å². The lowest BCUT2D eigenvalue weighted by Crippen LogP contribution is -2.39. The van der Waals surface area contributed by atoms with Gasteiger partial charge < -0.3 is 20.1 Å². The maximum atomic E-state index is 13.2. The predicted octanol–water partition coefficient (Wildman–Crippen LogP) is 3.33. The smallest absolute Gasteiger partial charge is 0.191 e. The number of halogens is 2. The molecule has 0 radical (unpaired) electrons. The molecule has 0 aromatic heterocycles. The normalized spacial score (nSPS) is 11.1. The summed E-state index contributed by atoms with van der Waals surface area (Å²) in [4.78, 5) is 4.44. The molecule has 0 spiro atoms. The van der Waals surface area contributed by atoms with Gasteiger partial charge in [0.15, 0.2) is 5.96 Å². The van der Waals surface area contributed by atoms with Gasteiger partial charge in [-0.1, -0.05) is 25.5 Å². The summed E-state index contributed by atoms with van der Waals surface area (Å²) in [5.41, 5.74) is 0.840. The van der Waals surface area contributed by atoms with Crippen molar-refractivity contribution in [2.75, 3.05) is 39.5 Å². The first-order valence-electron chi connectivity index (χ1n) is 8.68. The van der Waals surface area contributed by atoms with E-state index in [0.717, 1.165) is 31.6 Å². The van der Waals surface area contributed by atoms with Crippen LogP contribution in [0.5, 0.6) is 0 Å². The molecule has 0 heterocycles. The van der Waals surface area contributed by atoms with Crippen LogP contribution in [0.15, 0.2) is 29.3 Å². The molecule has 0 aliphatic heterocycles. The Balaban J connectivity index is 0.00000576. The number of benzene rings is 1. The van der Waals surface area contributed by atoms with Gasteiger partial charge in [-0.2, -0.15) is 0 Å². The van der Waals surface area contributed by atoms with Crippen molar-refractivity contribution < 1.29 is 13.9 Å². The highest BCUT2D eigenvalue weighted by Gasteiger charge is 1.98. The Bertz CT molecular complexity index is 475. The first-order valence-corrected chi connectivity index (χ1v) is 8.68. The van der Waals surface area contributed by atoms with Crippen LogP contribution in [0.25, 0.3) is 0 Å². The molecule has 0 aliphatic rings. The third-order valence-electron chi connectivity index (χ3n) is 3.21. The minimum atomic E-state index is -0.241. The molecule has 0 amide bonds. The van der Waals surface area contributed by atoms with Gasteiger partial charge in [0.2, 0.25) is 0 Å². The first kappa shape index (κ1) is 24.1. The summed E-state index contributed by atoms with van der Waals surface area (Å²) >= 11 is 0. The second-order valence-electron chi connectivity index (χ2n) is 5.33. The largest absolute Gasteiger partial charge is 0.379 e. The van der Waals surface area contributed by atoms with E-state index in [-0.39, 0.29) is 29.8 Å². The molecule has 144 valence electrons. The zero-order valence-electron chi connectivity index (χ0n) is 15.2. The quantitative estimate of drug-likeness (QED) is 0.214. The van der Waals surface area contributed by atoms with Crippen LogP contribution in [-0.2, 0) is 16.0 Å². The summed E-state index contributed by atoms with van der Waals surface area (Å²) in [5, 5.41) is 6.35. The lowest BCUT2D eigenvalue weighted by molar-refractivity contribution is 0.0487. The van der Waals surface area contributed by atoms with Crippen molar-refractivity contribution in [1.29, 1.82) is 0 Å². The number of rotatable bonds is 12. The van der Waals surface area contributed by atoms with Crippen molar-refractivity contribution in [3.8, 4) is 0 Å². The van der Waals surface area contributed by atoms with Crippen molar-refractivity contribution in [3.63, 3.8) is 0 Å². The number of hydrogen-bond acceptors (Lipinski definition) is 3. The number of nitrogens with one attached hydrogen (secondary N) is 2. The molecule has 0 fully saturated rings. The minimum Gasteiger partial charge on any atom is -0.379 e. The van der Waals surface area contributed by atoms with Crippen molar-refractivity contribution in [2.24, 2.45) is 4.99 Å². The van der Waals surface area contributed by atoms with Crippen molar-refractivity contribution in [3.05, 3.63) is 35.6 Å². The molecule has 2 N–H and O–H groups in total. The highest BCUT2D eigenvalue weighted by molar-refractivity contribution is 14.0. The maximum Gasteiger partial charge on any atom is 0.191 e. The summed E-state index contributed by atoms with van der Waals surface area (Å²) in [5.74, 6) is 0.458. The van der Waals surface area contributed by atoms with E-state index >= 15 is 0 Å². The molecule has 5 nitrogen and oxygen atoms in total. The molecule has 0 saturated carbocycles. The van der Waals surface area contributed by atoms with Gasteiger partial charge in [-0.15, -0.1) is 24.0 Å². The van der Waals surface area contributed by atoms with E-state index < -0.39 is 0 Å². The summed E-state index contributed by atoms with van der Waals surface area (Å²) < 4.78 is 24.1. The molecular weight excluding hydrogens is 436 g/mol. The highest BCUT2D eigenvalue weighted by Crippen LogP contribution is 2.04. The van der Waals surface area contributed by atoms with E-state index in [1.165, 1.54) is 12.1 Å². The van der Waals surface area contributed by atoms with E-state index in [2.05, 4.69) is 22.5 Å². The van der Waals surface area contributed by atoms with Crippen LogP contribution in [0.1, 0.15) is 32.3 Å². The number of guanidine groups is 1. The molecule has 1 aromatic rings. The Morgan fingerprint density at radius 3 is 2.52 bits per heavy atom. The van der Waals surface area contributed by atoms with Crippen LogP contribution < -0.4 is 10.6 Å². The van der Waals surface area contributed by atoms with Gasteiger partial charge in [-0.25, -0.2) is 9.38 Å². The third kappa shape index (κ3) is 13.0. The van der Waals surface area contributed by atoms with Gasteiger partial charge >= 0.3 is 0 Å². The van der Waals surface area contributed by atoms with Gasteiger partial charge in [0.1, 0.15) is 5.82 Å². The molecule has 0 unspecified atom stereocenters. The summed E-state index contributed by atoms with van der Waals surface area (Å²) in [6.07, 6.45) is 2.24. The molecule has 1 aromatic carbocycles. The second kappa shape index (κ2) is 16.5. The van der Waals surface area contributed by atoms with Crippen LogP contribution in [0, 0.1) is 5.82 Å². The van der Waals surface area contributed by atoms with E-state index in [1.54, 1.807) is 6.07 Å². The lowest BCUT2D eigenvalue weighted by Gasteiger charge is -2.11. The topological polar surface area (TPSA) is 54.9 Å². The van der Waals surface area contributed by atoms with E-state index in [9.17, 15) is 4.39 Å². The van der Waals surface area contributed by atoms with Crippen LogP contribution in [0.3, 0.4) is 0 Å². The molecule has 0 saturated heterocycles. The number of hydrogen-bond donors (Lipinski definition) is 2. The van der Waals surface area contributed by atoms with Crippen LogP contribution in [0.4, 0.5) is 4.39 Å². The number of unbranched alkanes of at least 4 members (excludes halogenated alkanes) is 1. The standard InChI is InChI=1S/C18H30FN3O2.HI/c1-3-5-10-23-12-13-24-11-9-21-18(20-4-2)22-15-16-7-6-8-17(19)14-16;/h6-8,14H,3-5,9-13,15H2,1-2H3,(H2,20,21,22);1H. The second-order valence-corrected chi connectivity index (χ2v) is 5.33. The molecule has 0 aliphatic carbocycles. The molecule has 25 heavy (non-hydrogen) atoms. The van der Waals surface area contributed by atoms with Crippen LogP contribution in [-0.4, -0.2) is 45.5 Å². The first-order chi connectivity index (χ1) is 11.8. The third-order valence-corrected chi connectivity index (χ3v) is 3.21. The van der Waals surface area contributed by atoms with Gasteiger partial charge in [-0.05, 0) is 31.0 Å². The van der Waals surface area contributed by atoms with Gasteiger partial charge in [0.25, 0.3) is 0 Å². The molecule has 0 atom stereocenters. The molecule has 0 bridgehead atoms. The predicted molar refractivity (Wildman–Crippen MR) is 111 cm³/mol. The molecule has 7 heteroatoms. The zero-order valence-corrected chi connectivity index (χ0v) is 17.6. The Labute approximate surface area is 167 Å². The Morgan fingerprint density at radius 2 is 1.84 bits per heavy atom. The maximum absolute atomic E-state index is 13.2. The van der Waals surface area contributed by atoms with E-state index in [4.69, 9.17) is 9.47 Å². The molecule has 1 rings (SSSR count). The number of ether oxygens (including phenoxy) is 2. The molecular formula is C18H31FIN3O2. The SMILES string of the molecule is CCCCOCCOCCNC(=NCc1cccc(F)c1)NCC.I. The Kier molecular flexibility index (Phi) is 15.9. The fourth-order valence-corrected chi connectivity index (χ4v) is 1.96. The summed E-state index contributed by atoms with van der Waals surface area (Å²) in [7, 11) is 0. The van der Waals surface area contributed by atoms with Crippen LogP contribution >= 0.6 is 24.0 Å². The monoisotopic (exact) mass is 467 g/mol. The van der Waals surface area contributed by atoms with Crippen molar-refractivity contribution in [1.82, 2.24) is 10.6 Å². The van der Waals surface area contributed by atoms with Gasteiger partial charge in [0.05, 0.1) is 26.4 Å². The number of nitrogens with zero attached hydrogens (tertiary/aromatic N) is 1.